The molecule has 0 bridgehead atoms. The van der Waals surface area contributed by atoms with Gasteiger partial charge in [-0.25, -0.2) is 0 Å². The Labute approximate surface area is 88.9 Å². The summed E-state index contributed by atoms with van der Waals surface area (Å²) in [5, 5.41) is 13.4. The number of carbonyl (C=O) groups excluding carboxylic acids is 1. The summed E-state index contributed by atoms with van der Waals surface area (Å²) < 4.78 is 5.24. The molecule has 6 heteroatoms. The molecule has 0 atom stereocenters. The Hall–Kier alpha value is -1.14. The van der Waals surface area contributed by atoms with Gasteiger partial charge in [0.2, 0.25) is 0 Å². The summed E-state index contributed by atoms with van der Waals surface area (Å²) >= 11 is 0. The second-order valence-corrected chi connectivity index (χ2v) is 3.50. The lowest BCUT2D eigenvalue weighted by molar-refractivity contribution is -0.908. The maximum absolute atomic E-state index is 10.8. The van der Waals surface area contributed by atoms with E-state index < -0.39 is 0 Å². The molecule has 15 heavy (non-hydrogen) atoms. The van der Waals surface area contributed by atoms with Gasteiger partial charge in [0.15, 0.2) is 0 Å². The van der Waals surface area contributed by atoms with E-state index in [1.165, 1.54) is 4.90 Å². The first-order valence-electron chi connectivity index (χ1n) is 5.19. The lowest BCUT2D eigenvalue weighted by Crippen LogP contribution is -3.14. The van der Waals surface area contributed by atoms with Crippen molar-refractivity contribution >= 4 is 12.1 Å². The van der Waals surface area contributed by atoms with Gasteiger partial charge < -0.3 is 20.2 Å². The second kappa shape index (κ2) is 7.19. The molecule has 0 aromatic rings. The van der Waals surface area contributed by atoms with Gasteiger partial charge in [0, 0.05) is 13.0 Å². The number of hydrogen-bond acceptors (Lipinski definition) is 4. The van der Waals surface area contributed by atoms with Crippen LogP contribution in [0.2, 0.25) is 0 Å². The zero-order chi connectivity index (χ0) is 10.9. The van der Waals surface area contributed by atoms with Crippen LogP contribution in [0.4, 0.5) is 0 Å². The zero-order valence-electron chi connectivity index (χ0n) is 8.74. The van der Waals surface area contributed by atoms with Crippen LogP contribution in [-0.4, -0.2) is 56.7 Å². The van der Waals surface area contributed by atoms with Gasteiger partial charge in [-0.2, -0.15) is 0 Å². The van der Waals surface area contributed by atoms with Crippen LogP contribution in [0, 0.1) is 0 Å². The molecule has 0 spiro atoms. The van der Waals surface area contributed by atoms with Gasteiger partial charge >= 0.3 is 0 Å². The van der Waals surface area contributed by atoms with E-state index in [-0.39, 0.29) is 5.91 Å². The van der Waals surface area contributed by atoms with Crippen molar-refractivity contribution in [2.75, 3.05) is 39.4 Å². The molecule has 6 nitrogen and oxygen atoms in total. The van der Waals surface area contributed by atoms with E-state index in [1.54, 1.807) is 0 Å². The summed E-state index contributed by atoms with van der Waals surface area (Å²) in [7, 11) is 0. The van der Waals surface area contributed by atoms with Gasteiger partial charge in [0.1, 0.15) is 19.3 Å². The first-order valence-corrected chi connectivity index (χ1v) is 5.19. The van der Waals surface area contributed by atoms with Crippen molar-refractivity contribution in [1.29, 1.82) is 0 Å². The number of oxime groups is 1. The predicted molar refractivity (Wildman–Crippen MR) is 54.3 cm³/mol. The number of ether oxygens (including phenoxy) is 1. The predicted octanol–water partition coefficient (Wildman–Crippen LogP) is -2.13. The molecule has 1 rings (SSSR count). The molecule has 0 aromatic heterocycles. The fourth-order valence-corrected chi connectivity index (χ4v) is 1.56. The summed E-state index contributed by atoms with van der Waals surface area (Å²) in [4.78, 5) is 12.4. The summed E-state index contributed by atoms with van der Waals surface area (Å²) in [6.07, 6.45) is 1.79. The highest BCUT2D eigenvalue weighted by Gasteiger charge is 2.12. The van der Waals surface area contributed by atoms with Crippen molar-refractivity contribution in [2.24, 2.45) is 5.16 Å². The van der Waals surface area contributed by atoms with E-state index in [9.17, 15) is 4.79 Å². The third-order valence-electron chi connectivity index (χ3n) is 2.38. The average Bonchev–Trinajstić information content (AvgIpc) is 2.26. The fraction of sp³-hybridized carbons (Fsp3) is 0.778. The standard InChI is InChI=1S/C9H17N3O3/c13-9(8-11-14)10-2-1-3-12-4-6-15-7-5-12/h8,14H,1-7H2,(H,10,13)/p+1/b11-8-. The molecular weight excluding hydrogens is 198 g/mol. The topological polar surface area (TPSA) is 75.4 Å². The van der Waals surface area contributed by atoms with Gasteiger partial charge in [-0.1, -0.05) is 5.16 Å². The van der Waals surface area contributed by atoms with E-state index in [0.29, 0.717) is 6.54 Å². The van der Waals surface area contributed by atoms with E-state index in [0.717, 1.165) is 45.5 Å². The molecule has 1 aliphatic rings. The quantitative estimate of drug-likeness (QED) is 0.213. The highest BCUT2D eigenvalue weighted by Crippen LogP contribution is 1.77. The first-order chi connectivity index (χ1) is 7.33. The number of nitrogens with one attached hydrogen (secondary N) is 2. The summed E-state index contributed by atoms with van der Waals surface area (Å²) in [6.45, 7) is 5.42. The average molecular weight is 216 g/mol. The molecule has 0 saturated carbocycles. The van der Waals surface area contributed by atoms with Crippen LogP contribution in [0.5, 0.6) is 0 Å². The number of carbonyl (C=O) groups is 1. The Morgan fingerprint density at radius 1 is 1.53 bits per heavy atom. The van der Waals surface area contributed by atoms with E-state index in [2.05, 4.69) is 10.5 Å². The fourth-order valence-electron chi connectivity index (χ4n) is 1.56. The largest absolute Gasteiger partial charge is 0.411 e. The van der Waals surface area contributed by atoms with Gasteiger partial charge in [-0.3, -0.25) is 4.79 Å². The third-order valence-corrected chi connectivity index (χ3v) is 2.38. The monoisotopic (exact) mass is 216 g/mol. The number of nitrogens with zero attached hydrogens (tertiary/aromatic N) is 1. The number of rotatable bonds is 5. The Morgan fingerprint density at radius 3 is 2.93 bits per heavy atom. The molecule has 1 fully saturated rings. The minimum atomic E-state index is -0.352. The smallest absolute Gasteiger partial charge is 0.265 e. The summed E-state index contributed by atoms with van der Waals surface area (Å²) in [5.41, 5.74) is 0. The normalized spacial score (nSPS) is 18.1. The number of amides is 1. The summed E-state index contributed by atoms with van der Waals surface area (Å²) in [5.74, 6) is -0.352. The van der Waals surface area contributed by atoms with Crippen molar-refractivity contribution in [2.45, 2.75) is 6.42 Å². The van der Waals surface area contributed by atoms with Crippen LogP contribution in [-0.2, 0) is 9.53 Å². The van der Waals surface area contributed by atoms with Crippen LogP contribution < -0.4 is 10.2 Å². The van der Waals surface area contributed by atoms with Crippen molar-refractivity contribution in [3.05, 3.63) is 0 Å². The molecule has 0 aliphatic carbocycles. The maximum atomic E-state index is 10.8. The number of morpholine rings is 1. The molecule has 3 N–H and O–H groups in total. The molecule has 0 radical (unpaired) electrons. The van der Waals surface area contributed by atoms with Crippen LogP contribution in [0.1, 0.15) is 6.42 Å². The van der Waals surface area contributed by atoms with E-state index >= 15 is 0 Å². The second-order valence-electron chi connectivity index (χ2n) is 3.50. The van der Waals surface area contributed by atoms with Crippen LogP contribution in [0.3, 0.4) is 0 Å². The molecule has 1 amide bonds. The van der Waals surface area contributed by atoms with Crippen molar-refractivity contribution in [3.63, 3.8) is 0 Å². The third kappa shape index (κ3) is 5.34. The Kier molecular flexibility index (Phi) is 5.72. The number of quaternary nitrogens is 1. The van der Waals surface area contributed by atoms with Gasteiger partial charge in [0.25, 0.3) is 5.91 Å². The van der Waals surface area contributed by atoms with Gasteiger partial charge in [-0.05, 0) is 0 Å². The molecule has 1 aliphatic heterocycles. The minimum Gasteiger partial charge on any atom is -0.411 e. The first kappa shape index (κ1) is 11.9. The molecule has 1 heterocycles. The van der Waals surface area contributed by atoms with Crippen molar-refractivity contribution < 1.29 is 19.6 Å². The van der Waals surface area contributed by atoms with Gasteiger partial charge in [-0.15, -0.1) is 0 Å². The highest BCUT2D eigenvalue weighted by molar-refractivity contribution is 6.25. The Morgan fingerprint density at radius 2 is 2.27 bits per heavy atom. The molecule has 1 saturated heterocycles. The molecule has 86 valence electrons. The van der Waals surface area contributed by atoms with E-state index in [1.807, 2.05) is 0 Å². The zero-order valence-corrected chi connectivity index (χ0v) is 8.74. The Balaban J connectivity index is 1.98. The lowest BCUT2D eigenvalue weighted by Gasteiger charge is -2.23. The van der Waals surface area contributed by atoms with Crippen molar-refractivity contribution in [3.8, 4) is 0 Å². The maximum Gasteiger partial charge on any atom is 0.265 e. The summed E-state index contributed by atoms with van der Waals surface area (Å²) in [6, 6.07) is 0. The SMILES string of the molecule is O=C(/C=N\O)NCCC[NH+]1CCOCC1. The van der Waals surface area contributed by atoms with Gasteiger partial charge in [0.05, 0.1) is 19.8 Å². The lowest BCUT2D eigenvalue weighted by atomic mass is 10.3. The minimum absolute atomic E-state index is 0.352. The molecule has 0 unspecified atom stereocenters. The molecule has 0 aromatic carbocycles. The van der Waals surface area contributed by atoms with Crippen molar-refractivity contribution in [1.82, 2.24) is 5.32 Å². The number of hydrogen-bond donors (Lipinski definition) is 3. The van der Waals surface area contributed by atoms with Crippen LogP contribution in [0.25, 0.3) is 0 Å². The van der Waals surface area contributed by atoms with Crippen LogP contribution in [0.15, 0.2) is 5.16 Å². The Bertz CT molecular complexity index is 215. The van der Waals surface area contributed by atoms with Crippen LogP contribution >= 0.6 is 0 Å². The highest BCUT2D eigenvalue weighted by atomic mass is 16.5. The van der Waals surface area contributed by atoms with E-state index in [4.69, 9.17) is 9.94 Å². The molecular formula is C9H18N3O3+.